The number of nitrogens with two attached hydrogens (primary N) is 1. The first-order valence-corrected chi connectivity index (χ1v) is 5.43. The lowest BCUT2D eigenvalue weighted by atomic mass is 10.2. The molecule has 0 bridgehead atoms. The Hall–Kier alpha value is -1.85. The van der Waals surface area contributed by atoms with Gasteiger partial charge in [-0.05, 0) is 13.3 Å². The summed E-state index contributed by atoms with van der Waals surface area (Å²) in [5, 5.41) is 2.92. The van der Waals surface area contributed by atoms with Crippen LogP contribution in [-0.2, 0) is 0 Å². The van der Waals surface area contributed by atoms with E-state index in [-0.39, 0.29) is 5.69 Å². The molecule has 0 amide bonds. The van der Waals surface area contributed by atoms with E-state index in [0.717, 1.165) is 18.6 Å². The number of hydrogen-bond acceptors (Lipinski definition) is 3. The Balaban J connectivity index is 2.77. The molecular weight excluding hydrogens is 245 g/mol. The van der Waals surface area contributed by atoms with E-state index in [9.17, 15) is 13.2 Å². The summed E-state index contributed by atoms with van der Waals surface area (Å²) in [5.41, 5.74) is 6.09. The first kappa shape index (κ1) is 14.2. The van der Waals surface area contributed by atoms with Crippen molar-refractivity contribution in [2.45, 2.75) is 20.0 Å². The summed E-state index contributed by atoms with van der Waals surface area (Å²) in [6, 6.07) is 2.09. The maximum absolute atomic E-state index is 13.3. The van der Waals surface area contributed by atoms with E-state index in [4.69, 9.17) is 5.73 Å². The molecule has 3 nitrogen and oxygen atoms in total. The van der Waals surface area contributed by atoms with Crippen LogP contribution in [0.25, 0.3) is 0 Å². The zero-order chi connectivity index (χ0) is 13.5. The topological polar surface area (TPSA) is 47.3 Å². The Morgan fingerprint density at radius 2 is 2.17 bits per heavy atom. The largest absolute Gasteiger partial charge is 0.432 e. The maximum Gasteiger partial charge on any atom is 0.387 e. The predicted molar refractivity (Wildman–Crippen MR) is 65.4 cm³/mol. The molecule has 0 aliphatic heterocycles. The molecule has 0 aliphatic carbocycles. The first-order valence-electron chi connectivity index (χ1n) is 5.43. The van der Waals surface area contributed by atoms with Gasteiger partial charge in [-0.15, -0.1) is 0 Å². The summed E-state index contributed by atoms with van der Waals surface area (Å²) in [7, 11) is 0. The van der Waals surface area contributed by atoms with Gasteiger partial charge in [0.15, 0.2) is 11.6 Å². The molecule has 0 unspecified atom stereocenters. The van der Waals surface area contributed by atoms with Gasteiger partial charge in [0.25, 0.3) is 0 Å². The average Bonchev–Trinajstić information content (AvgIpc) is 2.29. The third kappa shape index (κ3) is 4.20. The Morgan fingerprint density at radius 1 is 1.44 bits per heavy atom. The second-order valence-electron chi connectivity index (χ2n) is 3.53. The third-order valence-corrected chi connectivity index (χ3v) is 2.18. The van der Waals surface area contributed by atoms with Gasteiger partial charge in [-0.3, -0.25) is 0 Å². The SMILES string of the molecule is C/C=C/CCNc1cc(OC(F)F)c(F)cc1N. The monoisotopic (exact) mass is 260 g/mol. The number of nitrogen functional groups attached to an aromatic ring is 1. The standard InChI is InChI=1S/C12H15F3N2O/c1-2-3-4-5-17-10-7-11(18-12(14)15)8(13)6-9(10)16/h2-3,6-7,12,17H,4-5,16H2,1H3/b3-2+. The molecule has 1 aromatic carbocycles. The Morgan fingerprint density at radius 3 is 2.78 bits per heavy atom. The number of alkyl halides is 2. The van der Waals surface area contributed by atoms with Gasteiger partial charge >= 0.3 is 6.61 Å². The Kier molecular flexibility index (Phi) is 5.35. The van der Waals surface area contributed by atoms with Crippen molar-refractivity contribution in [3.8, 4) is 5.75 Å². The molecule has 0 saturated carbocycles. The van der Waals surface area contributed by atoms with Crippen LogP contribution in [0.5, 0.6) is 5.75 Å². The molecule has 100 valence electrons. The molecule has 3 N–H and O–H groups in total. The summed E-state index contributed by atoms with van der Waals surface area (Å²) in [4.78, 5) is 0. The van der Waals surface area contributed by atoms with E-state index in [2.05, 4.69) is 10.1 Å². The van der Waals surface area contributed by atoms with Crippen molar-refractivity contribution in [3.63, 3.8) is 0 Å². The summed E-state index contributed by atoms with van der Waals surface area (Å²) in [6.07, 6.45) is 4.57. The van der Waals surface area contributed by atoms with Crippen LogP contribution in [0.4, 0.5) is 24.5 Å². The van der Waals surface area contributed by atoms with Crippen LogP contribution in [0.2, 0.25) is 0 Å². The molecule has 6 heteroatoms. The lowest BCUT2D eigenvalue weighted by Crippen LogP contribution is -2.07. The van der Waals surface area contributed by atoms with Gasteiger partial charge in [0.05, 0.1) is 11.4 Å². The molecule has 18 heavy (non-hydrogen) atoms. The van der Waals surface area contributed by atoms with Gasteiger partial charge in [0.1, 0.15) is 0 Å². The zero-order valence-corrected chi connectivity index (χ0v) is 9.92. The highest BCUT2D eigenvalue weighted by Crippen LogP contribution is 2.29. The van der Waals surface area contributed by atoms with Crippen LogP contribution >= 0.6 is 0 Å². The van der Waals surface area contributed by atoms with E-state index >= 15 is 0 Å². The van der Waals surface area contributed by atoms with Gasteiger partial charge < -0.3 is 15.8 Å². The molecule has 0 radical (unpaired) electrons. The molecule has 1 rings (SSSR count). The van der Waals surface area contributed by atoms with Gasteiger partial charge in [0.2, 0.25) is 0 Å². The summed E-state index contributed by atoms with van der Waals surface area (Å²) >= 11 is 0. The average molecular weight is 260 g/mol. The second kappa shape index (κ2) is 6.78. The minimum atomic E-state index is -3.07. The fourth-order valence-electron chi connectivity index (χ4n) is 1.36. The minimum absolute atomic E-state index is 0.148. The van der Waals surface area contributed by atoms with Crippen molar-refractivity contribution in [2.24, 2.45) is 0 Å². The van der Waals surface area contributed by atoms with Crippen LogP contribution in [0.3, 0.4) is 0 Å². The van der Waals surface area contributed by atoms with Gasteiger partial charge in [-0.1, -0.05) is 12.2 Å². The molecule has 0 aromatic heterocycles. The smallest absolute Gasteiger partial charge is 0.387 e. The molecule has 0 fully saturated rings. The molecule has 0 aliphatic rings. The molecule has 0 atom stereocenters. The lowest BCUT2D eigenvalue weighted by molar-refractivity contribution is -0.0521. The molecular formula is C12H15F3N2O. The van der Waals surface area contributed by atoms with Crippen LogP contribution in [0.1, 0.15) is 13.3 Å². The van der Waals surface area contributed by atoms with Crippen LogP contribution in [0.15, 0.2) is 24.3 Å². The summed E-state index contributed by atoms with van der Waals surface area (Å²) < 4.78 is 41.4. The van der Waals surface area contributed by atoms with Crippen molar-refractivity contribution in [2.75, 3.05) is 17.6 Å². The van der Waals surface area contributed by atoms with Crippen molar-refractivity contribution in [1.82, 2.24) is 0 Å². The highest BCUT2D eigenvalue weighted by molar-refractivity contribution is 5.68. The first-order chi connectivity index (χ1) is 8.54. The summed E-state index contributed by atoms with van der Waals surface area (Å²) in [6.45, 7) is -0.617. The molecule has 0 spiro atoms. The lowest BCUT2D eigenvalue weighted by Gasteiger charge is -2.12. The number of ether oxygens (including phenoxy) is 1. The number of benzene rings is 1. The minimum Gasteiger partial charge on any atom is -0.432 e. The number of allylic oxidation sites excluding steroid dienone is 1. The van der Waals surface area contributed by atoms with Crippen molar-refractivity contribution < 1.29 is 17.9 Å². The number of halogens is 3. The van der Waals surface area contributed by atoms with Crippen LogP contribution < -0.4 is 15.8 Å². The van der Waals surface area contributed by atoms with E-state index in [1.54, 1.807) is 0 Å². The molecule has 0 heterocycles. The second-order valence-corrected chi connectivity index (χ2v) is 3.53. The quantitative estimate of drug-likeness (QED) is 0.468. The Bertz CT molecular complexity index is 422. The zero-order valence-electron chi connectivity index (χ0n) is 9.92. The van der Waals surface area contributed by atoms with E-state index in [1.807, 2.05) is 19.1 Å². The van der Waals surface area contributed by atoms with E-state index in [1.165, 1.54) is 0 Å². The fraction of sp³-hybridized carbons (Fsp3) is 0.333. The number of rotatable bonds is 6. The summed E-state index contributed by atoms with van der Waals surface area (Å²) in [5.74, 6) is -1.43. The third-order valence-electron chi connectivity index (χ3n) is 2.18. The molecule has 1 aromatic rings. The number of nitrogens with one attached hydrogen (secondary N) is 1. The molecule has 0 saturated heterocycles. The van der Waals surface area contributed by atoms with Gasteiger partial charge in [-0.25, -0.2) is 4.39 Å². The van der Waals surface area contributed by atoms with Crippen LogP contribution in [-0.4, -0.2) is 13.2 Å². The van der Waals surface area contributed by atoms with Crippen molar-refractivity contribution >= 4 is 11.4 Å². The highest BCUT2D eigenvalue weighted by atomic mass is 19.3. The van der Waals surface area contributed by atoms with Crippen molar-refractivity contribution in [1.29, 1.82) is 0 Å². The Labute approximate surface area is 103 Å². The van der Waals surface area contributed by atoms with Crippen LogP contribution in [0, 0.1) is 5.82 Å². The maximum atomic E-state index is 13.3. The van der Waals surface area contributed by atoms with Gasteiger partial charge in [-0.2, -0.15) is 8.78 Å². The number of anilines is 2. The normalized spacial score (nSPS) is 11.2. The highest BCUT2D eigenvalue weighted by Gasteiger charge is 2.12. The van der Waals surface area contributed by atoms with E-state index < -0.39 is 18.2 Å². The van der Waals surface area contributed by atoms with E-state index in [0.29, 0.717) is 12.2 Å². The van der Waals surface area contributed by atoms with Gasteiger partial charge in [0, 0.05) is 18.7 Å². The number of hydrogen-bond donors (Lipinski definition) is 2. The predicted octanol–water partition coefficient (Wildman–Crippen LogP) is 3.39. The van der Waals surface area contributed by atoms with Crippen molar-refractivity contribution in [3.05, 3.63) is 30.1 Å². The fourth-order valence-corrected chi connectivity index (χ4v) is 1.36.